The molecule has 5 aliphatic heterocycles. The Kier molecular flexibility index (Phi) is 19.6. The number of aliphatic hydroxyl groups is 2. The minimum absolute atomic E-state index is 0.0163. The molecule has 2 aromatic heterocycles. The molecule has 76 heavy (non-hydrogen) atoms. The molecule has 8 bridgehead atoms. The van der Waals surface area contributed by atoms with Crippen LogP contribution >= 0.6 is 0 Å². The van der Waals surface area contributed by atoms with Gasteiger partial charge in [0.25, 0.3) is 0 Å². The Morgan fingerprint density at radius 1 is 0.947 bits per heavy atom. The largest absolute Gasteiger partial charge is 0.459 e. The van der Waals surface area contributed by atoms with Crippen LogP contribution in [0.4, 0.5) is 4.39 Å². The highest BCUT2D eigenvalue weighted by molar-refractivity contribution is 5.73. The molecule has 3 aromatic rings. The average molecular weight is 1070 g/mol. The molecule has 19 atom stereocenters. The number of rotatable bonds is 6. The highest BCUT2D eigenvalue weighted by Crippen LogP contribution is 2.47. The number of terminal acetylenes is 1. The fourth-order valence-corrected chi connectivity index (χ4v) is 12.8. The first-order valence-corrected chi connectivity index (χ1v) is 27.4. The van der Waals surface area contributed by atoms with E-state index in [-0.39, 0.29) is 37.0 Å². The molecular weight excluding hydrogens is 978 g/mol. The molecule has 424 valence electrons. The van der Waals surface area contributed by atoms with Crippen molar-refractivity contribution >= 4 is 5.97 Å². The maximum Gasteiger partial charge on any atom is 0.309 e. The van der Waals surface area contributed by atoms with Crippen LogP contribution < -0.4 is 5.32 Å². The number of halogens is 1. The summed E-state index contributed by atoms with van der Waals surface area (Å²) in [7, 11) is 8.98. The number of hydrogen-bond acceptors (Lipinski definition) is 17. The van der Waals surface area contributed by atoms with E-state index in [1.807, 2.05) is 77.8 Å². The number of carbonyl (C=O) groups is 1. The average Bonchev–Trinajstić information content (AvgIpc) is 4.10. The molecule has 7 heterocycles. The normalized spacial score (nSPS) is 40.2. The molecule has 1 aromatic carbocycles. The first-order chi connectivity index (χ1) is 36.0. The van der Waals surface area contributed by atoms with Crippen molar-refractivity contribution in [2.75, 3.05) is 55.1 Å². The van der Waals surface area contributed by atoms with Crippen molar-refractivity contribution in [3.8, 4) is 18.0 Å². The second-order valence-corrected chi connectivity index (χ2v) is 23.1. The number of alkyl halides is 1. The number of aliphatic hydroxyl groups excluding tert-OH is 1. The fraction of sp³-hybridized carbons (Fsp3) is 0.768. The molecule has 8 rings (SSSR count). The third-order valence-electron chi connectivity index (χ3n) is 17.3. The van der Waals surface area contributed by atoms with Gasteiger partial charge in [0, 0.05) is 77.2 Å². The summed E-state index contributed by atoms with van der Waals surface area (Å²) in [5.41, 5.74) is -1.48. The molecule has 20 heteroatoms. The number of benzene rings is 1. The Morgan fingerprint density at radius 3 is 2.32 bits per heavy atom. The third kappa shape index (κ3) is 12.9. The molecule has 0 saturated carbocycles. The first-order valence-electron chi connectivity index (χ1n) is 27.4. The van der Waals surface area contributed by atoms with Gasteiger partial charge in [0.2, 0.25) is 0 Å². The lowest BCUT2D eigenvalue weighted by atomic mass is 9.68. The van der Waals surface area contributed by atoms with E-state index in [0.717, 1.165) is 5.56 Å². The van der Waals surface area contributed by atoms with Crippen molar-refractivity contribution < 1.29 is 52.6 Å². The number of likely N-dealkylation sites (N-methyl/N-ethyl adjacent to an activating group) is 2. The lowest BCUT2D eigenvalue weighted by Gasteiger charge is -2.51. The SMILES string of the molecule is C#C[C@@]12C[C@@H](C)CN(C)[C@H](C)[C@@H](O)[C@](C)(O)[C@@H](CC)OC(=O)[C@H](C)[C@@H](C3C[C@@](C)(OC)C[C@H](C)O3)[C@H](C)[C@H]1O[C@H]1C[C@H](C[C@@H](C)O1)N(C)CCc1cn(nn1)[C@H](CF)[C@H](OC)c1ccc(cc1)-n1cc(nn1)C(NC)O2. The van der Waals surface area contributed by atoms with Crippen LogP contribution in [0.15, 0.2) is 36.7 Å². The maximum absolute atomic E-state index is 15.1. The van der Waals surface area contributed by atoms with Crippen LogP contribution in [0.1, 0.15) is 136 Å². The van der Waals surface area contributed by atoms with Gasteiger partial charge in [0.05, 0.1) is 47.4 Å². The van der Waals surface area contributed by atoms with Gasteiger partial charge in [-0.1, -0.05) is 56.2 Å². The lowest BCUT2D eigenvalue weighted by molar-refractivity contribution is -0.277. The predicted octanol–water partition coefficient (Wildman–Crippen LogP) is 5.79. The number of nitrogens with one attached hydrogen (secondary N) is 1. The van der Waals surface area contributed by atoms with Crippen LogP contribution in [0.2, 0.25) is 0 Å². The number of esters is 1. The van der Waals surface area contributed by atoms with Gasteiger partial charge in [-0.25, -0.2) is 13.8 Å². The molecule has 3 fully saturated rings. The zero-order chi connectivity index (χ0) is 55.4. The lowest BCUT2D eigenvalue weighted by Crippen LogP contribution is -2.59. The van der Waals surface area contributed by atoms with Crippen LogP contribution in [-0.2, 0) is 44.4 Å². The zero-order valence-corrected chi connectivity index (χ0v) is 47.5. The van der Waals surface area contributed by atoms with E-state index in [2.05, 4.69) is 57.7 Å². The summed E-state index contributed by atoms with van der Waals surface area (Å²) in [6, 6.07) is 6.10. The van der Waals surface area contributed by atoms with Crippen molar-refractivity contribution in [3.63, 3.8) is 0 Å². The number of hydrogen-bond donors (Lipinski definition) is 3. The van der Waals surface area contributed by atoms with Crippen LogP contribution in [-0.4, -0.2) is 183 Å². The Bertz CT molecular complexity index is 2390. The van der Waals surface area contributed by atoms with Crippen molar-refractivity contribution in [1.82, 2.24) is 45.1 Å². The quantitative estimate of drug-likeness (QED) is 0.198. The van der Waals surface area contributed by atoms with Gasteiger partial charge in [0.15, 0.2) is 18.1 Å². The van der Waals surface area contributed by atoms with E-state index in [0.29, 0.717) is 62.3 Å². The molecule has 5 aliphatic rings. The summed E-state index contributed by atoms with van der Waals surface area (Å²) in [6.45, 7) is 17.6. The van der Waals surface area contributed by atoms with Crippen LogP contribution in [0.25, 0.3) is 5.69 Å². The van der Waals surface area contributed by atoms with Gasteiger partial charge >= 0.3 is 5.97 Å². The second-order valence-electron chi connectivity index (χ2n) is 23.1. The zero-order valence-electron chi connectivity index (χ0n) is 47.5. The number of cyclic esters (lactones) is 1. The van der Waals surface area contributed by atoms with E-state index in [9.17, 15) is 10.2 Å². The Balaban J connectivity index is 1.42. The van der Waals surface area contributed by atoms with Crippen molar-refractivity contribution in [1.29, 1.82) is 0 Å². The van der Waals surface area contributed by atoms with Gasteiger partial charge in [-0.2, -0.15) is 0 Å². The van der Waals surface area contributed by atoms with Crippen LogP contribution in [0.3, 0.4) is 0 Å². The molecule has 0 radical (unpaired) electrons. The highest BCUT2D eigenvalue weighted by Gasteiger charge is 2.55. The molecule has 3 saturated heterocycles. The molecule has 0 amide bonds. The van der Waals surface area contributed by atoms with Crippen molar-refractivity contribution in [2.45, 2.75) is 197 Å². The fourth-order valence-electron chi connectivity index (χ4n) is 12.8. The molecule has 19 nitrogen and oxygen atoms in total. The number of methoxy groups -OCH3 is 2. The number of fused-ring (bicyclic) bond motifs is 6. The van der Waals surface area contributed by atoms with Crippen LogP contribution in [0, 0.1) is 36.0 Å². The molecule has 0 aliphatic carbocycles. The van der Waals surface area contributed by atoms with Gasteiger partial charge < -0.3 is 53.2 Å². The minimum Gasteiger partial charge on any atom is -0.459 e. The molecule has 3 N–H and O–H groups in total. The molecule has 0 spiro atoms. The van der Waals surface area contributed by atoms with Crippen LogP contribution in [0.5, 0.6) is 0 Å². The number of ether oxygens (including phenoxy) is 7. The van der Waals surface area contributed by atoms with Gasteiger partial charge in [-0.3, -0.25) is 10.1 Å². The minimum atomic E-state index is -1.82. The smallest absolute Gasteiger partial charge is 0.309 e. The van der Waals surface area contributed by atoms with Crippen molar-refractivity contribution in [2.24, 2.45) is 23.7 Å². The summed E-state index contributed by atoms with van der Waals surface area (Å²) in [5, 5.41) is 45.6. The molecular formula is C56H88FN9O10. The van der Waals surface area contributed by atoms with E-state index >= 15 is 9.18 Å². The third-order valence-corrected chi connectivity index (χ3v) is 17.3. The first kappa shape index (κ1) is 59.7. The Morgan fingerprint density at radius 2 is 1.67 bits per heavy atom. The van der Waals surface area contributed by atoms with Crippen molar-refractivity contribution in [3.05, 3.63) is 53.6 Å². The standard InChI is InChI=1S/C56H88FN9O10/c1-16-46-55(10,69)50(67)38(8)64(13)30-33(3)26-56(17-2)51(36(6)48(37(7)53(68)74-46)45-28-54(9,71-15)27-35(5)72-45)75-47-25-42(24-34(4)73-47)63(12)23-22-40-31-66(61-59-40)44(29-57)49(70-14)39-18-20-41(21-19-39)65-32-43(60-62-65)52(58-11)76-56/h2,18-21,31-38,42,44-52,58,67,69H,16,22-30H2,1,3-15H3/t33-,34-,35+,36+,37-,38-,42+,44-,45?,46-,47+,48+,49-,50-,51-,52?,54+,55-,56-/m1/s1. The molecule has 2 unspecified atom stereocenters. The summed E-state index contributed by atoms with van der Waals surface area (Å²) in [6.07, 6.45) is 6.99. The Hall–Kier alpha value is -3.98. The highest BCUT2D eigenvalue weighted by atomic mass is 19.1. The summed E-state index contributed by atoms with van der Waals surface area (Å²) in [5.74, 6) is 0.255. The predicted molar refractivity (Wildman–Crippen MR) is 283 cm³/mol. The number of aromatic nitrogens is 6. The topological polar surface area (TPSA) is 202 Å². The monoisotopic (exact) mass is 1070 g/mol. The Labute approximate surface area is 450 Å². The summed E-state index contributed by atoms with van der Waals surface area (Å²) >= 11 is 0. The van der Waals surface area contributed by atoms with Gasteiger partial charge in [0.1, 0.15) is 48.4 Å². The van der Waals surface area contributed by atoms with Gasteiger partial charge in [-0.15, -0.1) is 16.6 Å². The van der Waals surface area contributed by atoms with Gasteiger partial charge in [-0.05, 0) is 105 Å². The van der Waals surface area contributed by atoms with E-state index in [1.54, 1.807) is 43.0 Å². The summed E-state index contributed by atoms with van der Waals surface area (Å²) < 4.78 is 65.5. The number of nitrogens with zero attached hydrogens (tertiary/aromatic N) is 8. The maximum atomic E-state index is 15.1. The summed E-state index contributed by atoms with van der Waals surface area (Å²) in [4.78, 5) is 19.3. The van der Waals surface area contributed by atoms with E-state index < -0.39 is 102 Å². The van der Waals surface area contributed by atoms with E-state index in [1.165, 1.54) is 6.92 Å². The van der Waals surface area contributed by atoms with E-state index in [4.69, 9.17) is 39.6 Å². The second kappa shape index (κ2) is 25.0. The number of carbonyl (C=O) groups excluding carboxylic acids is 1.